The third kappa shape index (κ3) is 2.27. The lowest BCUT2D eigenvalue weighted by atomic mass is 10.1. The molecule has 1 aliphatic carbocycles. The van der Waals surface area contributed by atoms with Crippen molar-refractivity contribution in [3.63, 3.8) is 0 Å². The molecular weight excluding hydrogens is 204 g/mol. The molecule has 4 heteroatoms. The second kappa shape index (κ2) is 4.43. The molecule has 16 heavy (non-hydrogen) atoms. The Morgan fingerprint density at radius 3 is 2.62 bits per heavy atom. The van der Waals surface area contributed by atoms with E-state index in [9.17, 15) is 4.79 Å². The van der Waals surface area contributed by atoms with Crippen molar-refractivity contribution >= 4 is 11.6 Å². The lowest BCUT2D eigenvalue weighted by Gasteiger charge is -2.15. The van der Waals surface area contributed by atoms with Crippen molar-refractivity contribution in [2.45, 2.75) is 31.8 Å². The highest BCUT2D eigenvalue weighted by Gasteiger charge is 2.19. The van der Waals surface area contributed by atoms with Crippen molar-refractivity contribution in [1.29, 1.82) is 0 Å². The molecule has 1 aromatic rings. The van der Waals surface area contributed by atoms with Gasteiger partial charge in [-0.3, -0.25) is 4.79 Å². The molecule has 1 aliphatic rings. The highest BCUT2D eigenvalue weighted by Crippen LogP contribution is 2.28. The third-order valence-corrected chi connectivity index (χ3v) is 2.87. The van der Waals surface area contributed by atoms with Crippen molar-refractivity contribution in [2.24, 2.45) is 5.73 Å². The van der Waals surface area contributed by atoms with Crippen LogP contribution in [0.2, 0.25) is 0 Å². The fourth-order valence-electron chi connectivity index (χ4n) is 2.03. The third-order valence-electron chi connectivity index (χ3n) is 2.87. The standard InChI is InChI=1S/C12H16N2O2/c13-8-5-6-10(12(14)15)11(7-8)16-9-3-1-2-4-9/h5-7,9H,1-4,13H2,(H2,14,15). The van der Waals surface area contributed by atoms with Gasteiger partial charge in [-0.05, 0) is 37.8 Å². The van der Waals surface area contributed by atoms with Gasteiger partial charge >= 0.3 is 0 Å². The summed E-state index contributed by atoms with van der Waals surface area (Å²) in [7, 11) is 0. The van der Waals surface area contributed by atoms with E-state index in [-0.39, 0.29) is 6.10 Å². The van der Waals surface area contributed by atoms with Crippen LogP contribution in [0.15, 0.2) is 18.2 Å². The summed E-state index contributed by atoms with van der Waals surface area (Å²) < 4.78 is 5.77. The number of nitrogens with two attached hydrogens (primary N) is 2. The Balaban J connectivity index is 2.22. The maximum atomic E-state index is 11.2. The Bertz CT molecular complexity index is 398. The predicted molar refractivity (Wildman–Crippen MR) is 62.3 cm³/mol. The van der Waals surface area contributed by atoms with Gasteiger partial charge in [0.25, 0.3) is 5.91 Å². The quantitative estimate of drug-likeness (QED) is 0.761. The summed E-state index contributed by atoms with van der Waals surface area (Å²) in [4.78, 5) is 11.2. The zero-order valence-electron chi connectivity index (χ0n) is 9.11. The van der Waals surface area contributed by atoms with Gasteiger partial charge in [0.2, 0.25) is 0 Å². The number of ether oxygens (including phenoxy) is 1. The Labute approximate surface area is 94.6 Å². The molecule has 0 bridgehead atoms. The van der Waals surface area contributed by atoms with E-state index in [0.717, 1.165) is 12.8 Å². The first-order valence-electron chi connectivity index (χ1n) is 5.53. The van der Waals surface area contributed by atoms with Gasteiger partial charge in [0.1, 0.15) is 5.75 Å². The molecule has 0 radical (unpaired) electrons. The van der Waals surface area contributed by atoms with Crippen LogP contribution in [0.25, 0.3) is 0 Å². The summed E-state index contributed by atoms with van der Waals surface area (Å²) in [5.74, 6) is 0.0346. The predicted octanol–water partition coefficient (Wildman–Crippen LogP) is 1.69. The molecule has 1 amide bonds. The minimum atomic E-state index is -0.479. The minimum Gasteiger partial charge on any atom is -0.490 e. The molecule has 2 rings (SSSR count). The molecule has 0 spiro atoms. The molecule has 1 saturated carbocycles. The van der Waals surface area contributed by atoms with Crippen LogP contribution in [-0.4, -0.2) is 12.0 Å². The average Bonchev–Trinajstić information content (AvgIpc) is 2.70. The van der Waals surface area contributed by atoms with Crippen LogP contribution in [0.1, 0.15) is 36.0 Å². The van der Waals surface area contributed by atoms with Gasteiger partial charge < -0.3 is 16.2 Å². The average molecular weight is 220 g/mol. The van der Waals surface area contributed by atoms with Crippen molar-refractivity contribution < 1.29 is 9.53 Å². The fraction of sp³-hybridized carbons (Fsp3) is 0.417. The number of anilines is 1. The van der Waals surface area contributed by atoms with Crippen LogP contribution in [0.5, 0.6) is 5.75 Å². The minimum absolute atomic E-state index is 0.194. The van der Waals surface area contributed by atoms with Crippen LogP contribution < -0.4 is 16.2 Å². The summed E-state index contributed by atoms with van der Waals surface area (Å²) in [6.45, 7) is 0. The smallest absolute Gasteiger partial charge is 0.252 e. The van der Waals surface area contributed by atoms with Crippen molar-refractivity contribution in [3.05, 3.63) is 23.8 Å². The zero-order chi connectivity index (χ0) is 11.5. The van der Waals surface area contributed by atoms with Gasteiger partial charge in [0.15, 0.2) is 0 Å². The second-order valence-corrected chi connectivity index (χ2v) is 4.14. The Morgan fingerprint density at radius 2 is 2.00 bits per heavy atom. The molecule has 1 fully saturated rings. The van der Waals surface area contributed by atoms with E-state index in [1.54, 1.807) is 18.2 Å². The van der Waals surface area contributed by atoms with E-state index in [1.165, 1.54) is 12.8 Å². The fourth-order valence-corrected chi connectivity index (χ4v) is 2.03. The first-order valence-corrected chi connectivity index (χ1v) is 5.53. The summed E-state index contributed by atoms with van der Waals surface area (Å²) in [5.41, 5.74) is 11.9. The number of rotatable bonds is 3. The molecule has 0 aliphatic heterocycles. The zero-order valence-corrected chi connectivity index (χ0v) is 9.11. The summed E-state index contributed by atoms with van der Waals surface area (Å²) in [6, 6.07) is 4.93. The molecule has 4 N–H and O–H groups in total. The van der Waals surface area contributed by atoms with Crippen molar-refractivity contribution in [3.8, 4) is 5.75 Å². The van der Waals surface area contributed by atoms with Gasteiger partial charge in [-0.1, -0.05) is 0 Å². The Kier molecular flexibility index (Phi) is 2.99. The van der Waals surface area contributed by atoms with E-state index >= 15 is 0 Å². The van der Waals surface area contributed by atoms with Crippen molar-refractivity contribution in [1.82, 2.24) is 0 Å². The van der Waals surface area contributed by atoms with E-state index < -0.39 is 5.91 Å². The maximum Gasteiger partial charge on any atom is 0.252 e. The number of carbonyl (C=O) groups is 1. The van der Waals surface area contributed by atoms with Gasteiger partial charge in [-0.15, -0.1) is 0 Å². The number of benzene rings is 1. The summed E-state index contributed by atoms with van der Waals surface area (Å²) >= 11 is 0. The first kappa shape index (κ1) is 10.8. The Morgan fingerprint density at radius 1 is 1.31 bits per heavy atom. The van der Waals surface area contributed by atoms with Crippen LogP contribution in [-0.2, 0) is 0 Å². The number of carbonyl (C=O) groups excluding carboxylic acids is 1. The van der Waals surface area contributed by atoms with Crippen LogP contribution in [0, 0.1) is 0 Å². The molecular formula is C12H16N2O2. The normalized spacial score (nSPS) is 16.2. The SMILES string of the molecule is NC(=O)c1ccc(N)cc1OC1CCCC1. The molecule has 0 atom stereocenters. The van der Waals surface area contributed by atoms with Crippen LogP contribution >= 0.6 is 0 Å². The van der Waals surface area contributed by atoms with Gasteiger partial charge in [0, 0.05) is 11.8 Å². The lowest BCUT2D eigenvalue weighted by Crippen LogP contribution is -2.17. The highest BCUT2D eigenvalue weighted by molar-refractivity contribution is 5.96. The van der Waals surface area contributed by atoms with E-state index in [4.69, 9.17) is 16.2 Å². The van der Waals surface area contributed by atoms with Crippen molar-refractivity contribution in [2.75, 3.05) is 5.73 Å². The number of nitrogen functional groups attached to an aromatic ring is 1. The topological polar surface area (TPSA) is 78.3 Å². The molecule has 0 aromatic heterocycles. The van der Waals surface area contributed by atoms with E-state index in [1.807, 2.05) is 0 Å². The van der Waals surface area contributed by atoms with Gasteiger partial charge in [-0.2, -0.15) is 0 Å². The largest absolute Gasteiger partial charge is 0.490 e. The van der Waals surface area contributed by atoms with E-state index in [0.29, 0.717) is 17.0 Å². The lowest BCUT2D eigenvalue weighted by molar-refractivity contribution is 0.0993. The number of primary amides is 1. The molecule has 0 unspecified atom stereocenters. The van der Waals surface area contributed by atoms with Crippen LogP contribution in [0.4, 0.5) is 5.69 Å². The summed E-state index contributed by atoms with van der Waals surface area (Å²) in [6.07, 6.45) is 4.62. The molecule has 1 aromatic carbocycles. The highest BCUT2D eigenvalue weighted by atomic mass is 16.5. The molecule has 0 saturated heterocycles. The Hall–Kier alpha value is -1.71. The first-order chi connectivity index (χ1) is 7.66. The van der Waals surface area contributed by atoms with Gasteiger partial charge in [-0.25, -0.2) is 0 Å². The summed E-state index contributed by atoms with van der Waals surface area (Å²) in [5, 5.41) is 0. The monoisotopic (exact) mass is 220 g/mol. The molecule has 0 heterocycles. The molecule has 86 valence electrons. The maximum absolute atomic E-state index is 11.2. The van der Waals surface area contributed by atoms with Crippen LogP contribution in [0.3, 0.4) is 0 Å². The second-order valence-electron chi connectivity index (χ2n) is 4.14. The number of hydrogen-bond donors (Lipinski definition) is 2. The molecule has 4 nitrogen and oxygen atoms in total. The van der Waals surface area contributed by atoms with Gasteiger partial charge in [0.05, 0.1) is 11.7 Å². The number of hydrogen-bond acceptors (Lipinski definition) is 3. The number of amides is 1. The van der Waals surface area contributed by atoms with E-state index in [2.05, 4.69) is 0 Å².